The number of piperidine rings is 1. The highest BCUT2D eigenvalue weighted by Crippen LogP contribution is 2.26. The van der Waals surface area contributed by atoms with Crippen molar-refractivity contribution in [1.82, 2.24) is 4.90 Å². The summed E-state index contributed by atoms with van der Waals surface area (Å²) in [5.41, 5.74) is 0. The Balaban J connectivity index is 2.22. The second kappa shape index (κ2) is 12.6. The fourth-order valence-corrected chi connectivity index (χ4v) is 7.19. The van der Waals surface area contributed by atoms with Crippen molar-refractivity contribution in [2.24, 2.45) is 5.92 Å². The van der Waals surface area contributed by atoms with E-state index in [0.29, 0.717) is 0 Å². The Morgan fingerprint density at radius 1 is 0.692 bits per heavy atom. The van der Waals surface area contributed by atoms with Crippen LogP contribution in [0.1, 0.15) is 32.1 Å². The first kappa shape index (κ1) is 24.2. The van der Waals surface area contributed by atoms with Crippen molar-refractivity contribution in [3.05, 3.63) is 0 Å². The second-order valence-corrected chi connectivity index (χ2v) is 13.1. The molecule has 0 bridgehead atoms. The minimum atomic E-state index is -2.42. The minimum absolute atomic E-state index is 0.800. The standard InChI is InChI=1S/C17H39NO6Si2/c1-19-25(20-2,21-3)15-7-9-17-10-13-18(14-11-17)12-8-16-26(22-4,23-5)24-6/h17H,7-16H2,1-6H3. The van der Waals surface area contributed by atoms with E-state index in [0.717, 1.165) is 37.4 Å². The summed E-state index contributed by atoms with van der Waals surface area (Å²) in [5.74, 6) is 0.800. The number of hydrogen-bond acceptors (Lipinski definition) is 7. The Bertz CT molecular complexity index is 311. The van der Waals surface area contributed by atoms with Gasteiger partial charge < -0.3 is 31.5 Å². The molecule has 156 valence electrons. The zero-order valence-electron chi connectivity index (χ0n) is 17.5. The molecule has 0 aromatic carbocycles. The maximum absolute atomic E-state index is 5.50. The summed E-state index contributed by atoms with van der Waals surface area (Å²) < 4.78 is 33.0. The van der Waals surface area contributed by atoms with Gasteiger partial charge in [0.2, 0.25) is 0 Å². The molecule has 0 aromatic heterocycles. The van der Waals surface area contributed by atoms with Crippen LogP contribution in [-0.4, -0.2) is 84.8 Å². The molecule has 0 radical (unpaired) electrons. The highest BCUT2D eigenvalue weighted by Gasteiger charge is 2.38. The third-order valence-corrected chi connectivity index (χ3v) is 11.3. The van der Waals surface area contributed by atoms with Gasteiger partial charge in [0.25, 0.3) is 0 Å². The van der Waals surface area contributed by atoms with E-state index in [-0.39, 0.29) is 0 Å². The third kappa shape index (κ3) is 7.29. The summed E-state index contributed by atoms with van der Waals surface area (Å²) in [6.07, 6.45) is 5.92. The van der Waals surface area contributed by atoms with Crippen LogP contribution in [0.2, 0.25) is 12.1 Å². The SMILES string of the molecule is CO[Si](CCCC1CCN(CCC[Si](OC)(OC)OC)CC1)(OC)OC. The van der Waals surface area contributed by atoms with Crippen molar-refractivity contribution >= 4 is 17.6 Å². The molecule has 1 rings (SSSR count). The quantitative estimate of drug-likeness (QED) is 0.409. The van der Waals surface area contributed by atoms with Crippen LogP contribution < -0.4 is 0 Å². The molecule has 9 heteroatoms. The Kier molecular flexibility index (Phi) is 11.7. The first-order valence-corrected chi connectivity index (χ1v) is 13.4. The largest absolute Gasteiger partial charge is 0.500 e. The molecule has 0 aliphatic carbocycles. The molecule has 0 atom stereocenters. The Morgan fingerprint density at radius 2 is 1.12 bits per heavy atom. The molecule has 1 aliphatic rings. The molecule has 1 aliphatic heterocycles. The minimum Gasteiger partial charge on any atom is -0.377 e. The lowest BCUT2D eigenvalue weighted by atomic mass is 9.92. The molecule has 1 saturated heterocycles. The van der Waals surface area contributed by atoms with Crippen molar-refractivity contribution in [3.63, 3.8) is 0 Å². The van der Waals surface area contributed by atoms with Crippen LogP contribution in [0.4, 0.5) is 0 Å². The summed E-state index contributed by atoms with van der Waals surface area (Å²) in [6.45, 7) is 3.44. The normalized spacial score (nSPS) is 17.8. The first-order chi connectivity index (χ1) is 12.5. The lowest BCUT2D eigenvalue weighted by Crippen LogP contribution is -2.44. The summed E-state index contributed by atoms with van der Waals surface area (Å²) >= 11 is 0. The van der Waals surface area contributed by atoms with Crippen molar-refractivity contribution in [2.75, 3.05) is 62.3 Å². The van der Waals surface area contributed by atoms with Gasteiger partial charge in [0.15, 0.2) is 0 Å². The van der Waals surface area contributed by atoms with Gasteiger partial charge >= 0.3 is 17.6 Å². The fourth-order valence-electron chi connectivity index (χ4n) is 3.74. The summed E-state index contributed by atoms with van der Waals surface area (Å²) in [4.78, 5) is 2.55. The lowest BCUT2D eigenvalue weighted by molar-refractivity contribution is 0.117. The van der Waals surface area contributed by atoms with Crippen LogP contribution in [0, 0.1) is 5.92 Å². The van der Waals surface area contributed by atoms with Gasteiger partial charge in [0.05, 0.1) is 0 Å². The van der Waals surface area contributed by atoms with Crippen molar-refractivity contribution in [1.29, 1.82) is 0 Å². The lowest BCUT2D eigenvalue weighted by Gasteiger charge is -2.33. The molecule has 0 N–H and O–H groups in total. The molecule has 7 nitrogen and oxygen atoms in total. The molecule has 1 heterocycles. The number of hydrogen-bond donors (Lipinski definition) is 0. The average Bonchev–Trinajstić information content (AvgIpc) is 2.70. The van der Waals surface area contributed by atoms with Gasteiger partial charge in [-0.2, -0.15) is 0 Å². The third-order valence-electron chi connectivity index (χ3n) is 5.63. The number of rotatable bonds is 14. The number of nitrogens with zero attached hydrogens (tertiary/aromatic N) is 1. The highest BCUT2D eigenvalue weighted by atomic mass is 28.4. The van der Waals surface area contributed by atoms with Crippen LogP contribution in [0.15, 0.2) is 0 Å². The van der Waals surface area contributed by atoms with Crippen LogP contribution in [-0.2, 0) is 26.6 Å². The maximum atomic E-state index is 5.50. The second-order valence-electron chi connectivity index (χ2n) is 6.87. The van der Waals surface area contributed by atoms with Gasteiger partial charge in [-0.15, -0.1) is 0 Å². The predicted octanol–water partition coefficient (Wildman–Crippen LogP) is 2.62. The van der Waals surface area contributed by atoms with Crippen molar-refractivity contribution < 1.29 is 26.6 Å². The molecule has 0 aromatic rings. The van der Waals surface area contributed by atoms with Crippen LogP contribution in [0.5, 0.6) is 0 Å². The number of likely N-dealkylation sites (tertiary alicyclic amines) is 1. The zero-order valence-corrected chi connectivity index (χ0v) is 19.5. The molecular weight excluding hydrogens is 370 g/mol. The van der Waals surface area contributed by atoms with Gasteiger partial charge in [-0.3, -0.25) is 0 Å². The summed E-state index contributed by atoms with van der Waals surface area (Å²) in [7, 11) is 5.27. The van der Waals surface area contributed by atoms with Gasteiger partial charge in [0, 0.05) is 54.7 Å². The van der Waals surface area contributed by atoms with E-state index in [1.165, 1.54) is 32.4 Å². The van der Waals surface area contributed by atoms with Crippen molar-refractivity contribution in [3.8, 4) is 0 Å². The van der Waals surface area contributed by atoms with Gasteiger partial charge in [0.1, 0.15) is 0 Å². The first-order valence-electron chi connectivity index (χ1n) is 9.55. The molecule has 0 saturated carbocycles. The van der Waals surface area contributed by atoms with E-state index in [2.05, 4.69) is 4.90 Å². The van der Waals surface area contributed by atoms with E-state index in [9.17, 15) is 0 Å². The van der Waals surface area contributed by atoms with E-state index >= 15 is 0 Å². The summed E-state index contributed by atoms with van der Waals surface area (Å²) in [5, 5.41) is 0. The van der Waals surface area contributed by atoms with Gasteiger partial charge in [-0.1, -0.05) is 6.42 Å². The Labute approximate surface area is 162 Å². The monoisotopic (exact) mass is 409 g/mol. The van der Waals surface area contributed by atoms with Crippen molar-refractivity contribution in [2.45, 2.75) is 44.2 Å². The van der Waals surface area contributed by atoms with E-state index in [4.69, 9.17) is 26.6 Å². The highest BCUT2D eigenvalue weighted by molar-refractivity contribution is 6.60. The predicted molar refractivity (Wildman–Crippen MR) is 106 cm³/mol. The molecular formula is C17H39NO6Si2. The van der Waals surface area contributed by atoms with E-state index in [1.54, 1.807) is 42.7 Å². The topological polar surface area (TPSA) is 58.6 Å². The van der Waals surface area contributed by atoms with Crippen LogP contribution >= 0.6 is 0 Å². The van der Waals surface area contributed by atoms with Gasteiger partial charge in [-0.25, -0.2) is 0 Å². The summed E-state index contributed by atoms with van der Waals surface area (Å²) in [6, 6.07) is 1.77. The molecule has 0 amide bonds. The maximum Gasteiger partial charge on any atom is 0.500 e. The van der Waals surface area contributed by atoms with Gasteiger partial charge in [-0.05, 0) is 51.2 Å². The van der Waals surface area contributed by atoms with E-state index in [1.807, 2.05) is 0 Å². The molecule has 26 heavy (non-hydrogen) atoms. The molecule has 0 spiro atoms. The van der Waals surface area contributed by atoms with E-state index < -0.39 is 17.6 Å². The van der Waals surface area contributed by atoms with Crippen LogP contribution in [0.3, 0.4) is 0 Å². The molecule has 0 unspecified atom stereocenters. The fraction of sp³-hybridized carbons (Fsp3) is 1.00. The van der Waals surface area contributed by atoms with Crippen LogP contribution in [0.25, 0.3) is 0 Å². The zero-order chi connectivity index (χ0) is 19.5. The molecule has 1 fully saturated rings. The average molecular weight is 410 g/mol. The Morgan fingerprint density at radius 3 is 1.54 bits per heavy atom. The smallest absolute Gasteiger partial charge is 0.377 e. The Hall–Kier alpha value is 0.154.